The Hall–Kier alpha value is -1.16. The van der Waals surface area contributed by atoms with Crippen LogP contribution in [0.4, 0.5) is 13.2 Å². The standard InChI is InChI=1S/C7H5F3O5S/c1-13-6-2(8)3(9)7(16-15-14-12)5(11)4(6)10/h11-12H,1H3. The van der Waals surface area contributed by atoms with Gasteiger partial charge in [0.25, 0.3) is 0 Å². The molecule has 16 heavy (non-hydrogen) atoms. The fraction of sp³-hybridized carbons (Fsp3) is 0.143. The molecule has 0 spiro atoms. The first-order chi connectivity index (χ1) is 7.54. The highest BCUT2D eigenvalue weighted by atomic mass is 32.2. The van der Waals surface area contributed by atoms with Gasteiger partial charge in [-0.15, -0.1) is 4.33 Å². The van der Waals surface area contributed by atoms with Crippen molar-refractivity contribution in [1.82, 2.24) is 0 Å². The summed E-state index contributed by atoms with van der Waals surface area (Å²) < 4.78 is 47.5. The van der Waals surface area contributed by atoms with Crippen LogP contribution >= 0.6 is 12.0 Å². The Labute approximate surface area is 91.4 Å². The smallest absolute Gasteiger partial charge is 0.211 e. The van der Waals surface area contributed by atoms with Crippen LogP contribution in [0, 0.1) is 17.5 Å². The van der Waals surface area contributed by atoms with Gasteiger partial charge in [-0.1, -0.05) is 5.04 Å². The van der Waals surface area contributed by atoms with E-state index in [2.05, 4.69) is 14.1 Å². The van der Waals surface area contributed by atoms with E-state index in [1.807, 2.05) is 0 Å². The molecule has 0 saturated carbocycles. The first-order valence-corrected chi connectivity index (χ1v) is 4.36. The van der Waals surface area contributed by atoms with Crippen LogP contribution in [0.2, 0.25) is 0 Å². The molecule has 0 aliphatic heterocycles. The van der Waals surface area contributed by atoms with Crippen LogP contribution in [0.1, 0.15) is 0 Å². The lowest BCUT2D eigenvalue weighted by Crippen LogP contribution is -1.99. The van der Waals surface area contributed by atoms with E-state index >= 15 is 0 Å². The Morgan fingerprint density at radius 3 is 2.25 bits per heavy atom. The Morgan fingerprint density at radius 2 is 1.75 bits per heavy atom. The number of hydrogen-bond acceptors (Lipinski definition) is 6. The molecule has 90 valence electrons. The Kier molecular flexibility index (Phi) is 4.24. The SMILES string of the molecule is COc1c(F)c(O)c(SOOO)c(F)c1F. The number of benzene rings is 1. The third-order valence-corrected chi connectivity index (χ3v) is 2.23. The molecular formula is C7H5F3O5S. The molecule has 0 aliphatic rings. The van der Waals surface area contributed by atoms with Gasteiger partial charge in [0.15, 0.2) is 17.3 Å². The molecule has 0 fully saturated rings. The summed E-state index contributed by atoms with van der Waals surface area (Å²) in [6.07, 6.45) is 0. The van der Waals surface area contributed by atoms with Gasteiger partial charge in [-0.25, -0.2) is 9.65 Å². The third kappa shape index (κ3) is 2.16. The molecule has 0 aromatic heterocycles. The van der Waals surface area contributed by atoms with Gasteiger partial charge in [0, 0.05) is 0 Å². The van der Waals surface area contributed by atoms with E-state index in [1.165, 1.54) is 0 Å². The fourth-order valence-electron chi connectivity index (χ4n) is 0.911. The van der Waals surface area contributed by atoms with Gasteiger partial charge >= 0.3 is 0 Å². The van der Waals surface area contributed by atoms with Gasteiger partial charge in [0.1, 0.15) is 4.90 Å². The summed E-state index contributed by atoms with van der Waals surface area (Å²) in [5.41, 5.74) is 0. The molecule has 0 bridgehead atoms. The highest BCUT2D eigenvalue weighted by molar-refractivity contribution is 7.94. The van der Waals surface area contributed by atoms with Crippen LogP contribution in [0.15, 0.2) is 4.90 Å². The van der Waals surface area contributed by atoms with E-state index in [4.69, 9.17) is 10.4 Å². The highest BCUT2D eigenvalue weighted by Crippen LogP contribution is 2.40. The number of phenols is 1. The number of hydrogen-bond donors (Lipinski definition) is 2. The molecule has 1 aromatic carbocycles. The number of rotatable bonds is 4. The molecule has 1 rings (SSSR count). The van der Waals surface area contributed by atoms with Crippen molar-refractivity contribution in [2.45, 2.75) is 4.90 Å². The normalized spacial score (nSPS) is 10.6. The summed E-state index contributed by atoms with van der Waals surface area (Å²) in [5, 5.41) is 20.0. The predicted molar refractivity (Wildman–Crippen MR) is 45.2 cm³/mol. The average Bonchev–Trinajstić information content (AvgIpc) is 2.27. The fourth-order valence-corrected chi connectivity index (χ4v) is 1.34. The second-order valence-electron chi connectivity index (χ2n) is 2.38. The van der Waals surface area contributed by atoms with E-state index in [0.717, 1.165) is 7.11 Å². The molecule has 1 aromatic rings. The Balaban J connectivity index is 3.29. The van der Waals surface area contributed by atoms with Crippen molar-refractivity contribution >= 4 is 12.0 Å². The van der Waals surface area contributed by atoms with Crippen molar-refractivity contribution in [2.75, 3.05) is 7.11 Å². The first-order valence-electron chi connectivity index (χ1n) is 3.62. The first kappa shape index (κ1) is 12.9. The summed E-state index contributed by atoms with van der Waals surface area (Å²) in [6.45, 7) is 0. The maximum atomic E-state index is 13.2. The zero-order valence-corrected chi connectivity index (χ0v) is 8.48. The van der Waals surface area contributed by atoms with E-state index in [1.54, 1.807) is 0 Å². The molecule has 0 heterocycles. The van der Waals surface area contributed by atoms with Gasteiger partial charge in [-0.3, -0.25) is 0 Å². The van der Waals surface area contributed by atoms with E-state index < -0.39 is 33.8 Å². The molecule has 0 unspecified atom stereocenters. The van der Waals surface area contributed by atoms with Crippen LogP contribution in [-0.2, 0) is 9.37 Å². The van der Waals surface area contributed by atoms with E-state index in [-0.39, 0.29) is 12.0 Å². The molecule has 5 nitrogen and oxygen atoms in total. The molecule has 2 N–H and O–H groups in total. The van der Waals surface area contributed by atoms with Gasteiger partial charge in [-0.2, -0.15) is 8.78 Å². The molecule has 0 atom stereocenters. The van der Waals surface area contributed by atoms with Crippen LogP contribution in [-0.4, -0.2) is 17.5 Å². The number of methoxy groups -OCH3 is 1. The second kappa shape index (κ2) is 5.25. The Bertz CT molecular complexity index is 371. The molecule has 0 saturated heterocycles. The maximum Gasteiger partial charge on any atom is 0.211 e. The zero-order chi connectivity index (χ0) is 12.3. The Morgan fingerprint density at radius 1 is 1.12 bits per heavy atom. The average molecular weight is 258 g/mol. The molecule has 0 amide bonds. The summed E-state index contributed by atoms with van der Waals surface area (Å²) in [7, 11) is 0.903. The number of halogens is 3. The van der Waals surface area contributed by atoms with Gasteiger partial charge in [0.05, 0.1) is 19.2 Å². The number of aromatic hydroxyl groups is 1. The third-order valence-electron chi connectivity index (χ3n) is 1.57. The van der Waals surface area contributed by atoms with Gasteiger partial charge < -0.3 is 9.84 Å². The summed E-state index contributed by atoms with van der Waals surface area (Å²) in [5.74, 6) is -7.02. The van der Waals surface area contributed by atoms with Gasteiger partial charge in [-0.05, 0) is 0 Å². The minimum atomic E-state index is -1.64. The van der Waals surface area contributed by atoms with Crippen molar-refractivity contribution in [1.29, 1.82) is 0 Å². The maximum absolute atomic E-state index is 13.2. The molecular weight excluding hydrogens is 253 g/mol. The topological polar surface area (TPSA) is 68.2 Å². The minimum absolute atomic E-state index is 0.112. The minimum Gasteiger partial charge on any atom is -0.504 e. The van der Waals surface area contributed by atoms with Crippen molar-refractivity contribution in [2.24, 2.45) is 0 Å². The lowest BCUT2D eigenvalue weighted by Gasteiger charge is -2.09. The highest BCUT2D eigenvalue weighted by Gasteiger charge is 2.26. The summed E-state index contributed by atoms with van der Waals surface area (Å²) >= 11 is -0.112. The quantitative estimate of drug-likeness (QED) is 0.373. The lowest BCUT2D eigenvalue weighted by atomic mass is 10.3. The molecule has 0 aliphatic carbocycles. The van der Waals surface area contributed by atoms with Crippen molar-refractivity contribution < 1.29 is 37.6 Å². The van der Waals surface area contributed by atoms with Crippen molar-refractivity contribution in [3.8, 4) is 11.5 Å². The second-order valence-corrected chi connectivity index (χ2v) is 3.09. The summed E-state index contributed by atoms with van der Waals surface area (Å²) in [6, 6.07) is 0. The van der Waals surface area contributed by atoms with E-state index in [0.29, 0.717) is 0 Å². The monoisotopic (exact) mass is 258 g/mol. The predicted octanol–water partition coefficient (Wildman–Crippen LogP) is 2.25. The summed E-state index contributed by atoms with van der Waals surface area (Å²) in [4.78, 5) is -0.926. The zero-order valence-electron chi connectivity index (χ0n) is 7.66. The number of phenolic OH excluding ortho intramolecular Hbond substituents is 1. The lowest BCUT2D eigenvalue weighted by molar-refractivity contribution is -0.432. The van der Waals surface area contributed by atoms with E-state index in [9.17, 15) is 13.2 Å². The van der Waals surface area contributed by atoms with Crippen molar-refractivity contribution in [3.63, 3.8) is 0 Å². The van der Waals surface area contributed by atoms with Crippen LogP contribution in [0.5, 0.6) is 11.5 Å². The van der Waals surface area contributed by atoms with Crippen LogP contribution < -0.4 is 4.74 Å². The van der Waals surface area contributed by atoms with Crippen molar-refractivity contribution in [3.05, 3.63) is 17.5 Å². The molecule has 0 radical (unpaired) electrons. The van der Waals surface area contributed by atoms with Gasteiger partial charge in [0.2, 0.25) is 11.6 Å². The largest absolute Gasteiger partial charge is 0.504 e. The number of ether oxygens (including phenoxy) is 1. The van der Waals surface area contributed by atoms with Crippen LogP contribution in [0.25, 0.3) is 0 Å². The molecule has 9 heteroatoms. The van der Waals surface area contributed by atoms with Crippen LogP contribution in [0.3, 0.4) is 0 Å².